The molecule has 0 radical (unpaired) electrons. The first-order valence-corrected chi connectivity index (χ1v) is 4.15. The summed E-state index contributed by atoms with van der Waals surface area (Å²) < 4.78 is 1.57. The fourth-order valence-electron chi connectivity index (χ4n) is 1.22. The van der Waals surface area contributed by atoms with Gasteiger partial charge < -0.3 is 0 Å². The predicted octanol–water partition coefficient (Wildman–Crippen LogP) is 0.780. The van der Waals surface area contributed by atoms with Crippen LogP contribution in [0.3, 0.4) is 0 Å². The van der Waals surface area contributed by atoms with Gasteiger partial charge in [-0.25, -0.2) is 0 Å². The van der Waals surface area contributed by atoms with Gasteiger partial charge in [-0.15, -0.1) is 0 Å². The minimum absolute atomic E-state index is 0.0291. The van der Waals surface area contributed by atoms with Gasteiger partial charge in [0.15, 0.2) is 12.0 Å². The van der Waals surface area contributed by atoms with Crippen LogP contribution in [0.5, 0.6) is 0 Å². The Kier molecular flexibility index (Phi) is 2.91. The van der Waals surface area contributed by atoms with Gasteiger partial charge in [0, 0.05) is 26.0 Å². The summed E-state index contributed by atoms with van der Waals surface area (Å²) in [6.07, 6.45) is 1.66. The van der Waals surface area contributed by atoms with Gasteiger partial charge in [-0.1, -0.05) is 0 Å². The Morgan fingerprint density at radius 3 is 2.79 bits per heavy atom. The van der Waals surface area contributed by atoms with E-state index in [0.717, 1.165) is 0 Å². The average Bonchev–Trinajstić information content (AvgIpc) is 2.07. The van der Waals surface area contributed by atoms with E-state index in [9.17, 15) is 14.9 Å². The van der Waals surface area contributed by atoms with Gasteiger partial charge in [0.05, 0.1) is 4.92 Å². The van der Waals surface area contributed by atoms with Crippen LogP contribution in [0.4, 0.5) is 5.69 Å². The summed E-state index contributed by atoms with van der Waals surface area (Å²) in [5.74, 6) is -0.0291. The SMILES string of the molecule is CC(=O)C[n+]1cccc([N+](=O)[O-])c1C. The minimum atomic E-state index is -0.452. The lowest BCUT2D eigenvalue weighted by Gasteiger charge is -1.97. The molecule has 0 unspecified atom stereocenters. The number of Topliss-reactive ketones (excluding diaryl/α,β-unsaturated/α-hetero) is 1. The van der Waals surface area contributed by atoms with Gasteiger partial charge in [-0.3, -0.25) is 14.9 Å². The zero-order valence-electron chi connectivity index (χ0n) is 8.06. The van der Waals surface area contributed by atoms with Gasteiger partial charge >= 0.3 is 5.69 Å². The van der Waals surface area contributed by atoms with Gasteiger partial charge in [0.25, 0.3) is 5.69 Å². The highest BCUT2D eigenvalue weighted by Gasteiger charge is 2.20. The Morgan fingerprint density at radius 2 is 2.29 bits per heavy atom. The highest BCUT2D eigenvalue weighted by molar-refractivity contribution is 5.73. The highest BCUT2D eigenvalue weighted by atomic mass is 16.6. The molecule has 0 aliphatic carbocycles. The molecule has 0 saturated heterocycles. The molecule has 0 amide bonds. The van der Waals surface area contributed by atoms with Crippen LogP contribution in [-0.4, -0.2) is 10.7 Å². The predicted molar refractivity (Wildman–Crippen MR) is 48.7 cm³/mol. The zero-order chi connectivity index (χ0) is 10.7. The first-order valence-electron chi connectivity index (χ1n) is 4.15. The van der Waals surface area contributed by atoms with Gasteiger partial charge in [-0.2, -0.15) is 4.57 Å². The fourth-order valence-corrected chi connectivity index (χ4v) is 1.22. The number of aromatic nitrogens is 1. The number of nitrogens with zero attached hydrogens (tertiary/aromatic N) is 2. The molecule has 5 nitrogen and oxygen atoms in total. The van der Waals surface area contributed by atoms with Crippen molar-refractivity contribution in [1.82, 2.24) is 0 Å². The number of rotatable bonds is 3. The first-order chi connectivity index (χ1) is 6.52. The number of hydrogen-bond donors (Lipinski definition) is 0. The van der Waals surface area contributed by atoms with Crippen LogP contribution in [0.2, 0.25) is 0 Å². The smallest absolute Gasteiger partial charge is 0.293 e. The average molecular weight is 195 g/mol. The molecule has 1 rings (SSSR count). The molecular weight excluding hydrogens is 184 g/mol. The third kappa shape index (κ3) is 2.12. The van der Waals surface area contributed by atoms with Crippen molar-refractivity contribution in [2.24, 2.45) is 0 Å². The standard InChI is InChI=1S/C9H11N2O3/c1-7(12)6-10-5-3-4-9(8(10)2)11(13)14/h3-5H,6H2,1-2H3/q+1. The van der Waals surface area contributed by atoms with E-state index >= 15 is 0 Å². The van der Waals surface area contributed by atoms with Crippen molar-refractivity contribution in [3.05, 3.63) is 34.1 Å². The Labute approximate surface area is 81.1 Å². The molecule has 1 aromatic rings. The van der Waals surface area contributed by atoms with E-state index in [-0.39, 0.29) is 18.0 Å². The summed E-state index contributed by atoms with van der Waals surface area (Å²) >= 11 is 0. The van der Waals surface area contributed by atoms with Crippen LogP contribution in [0.1, 0.15) is 12.6 Å². The number of hydrogen-bond acceptors (Lipinski definition) is 3. The Bertz CT molecular complexity index is 388. The Balaban J connectivity index is 3.13. The van der Waals surface area contributed by atoms with E-state index in [1.807, 2.05) is 0 Å². The summed E-state index contributed by atoms with van der Waals surface area (Å²) in [5.41, 5.74) is 0.529. The second kappa shape index (κ2) is 3.95. The van der Waals surface area contributed by atoms with E-state index < -0.39 is 4.92 Å². The maximum absolute atomic E-state index is 10.9. The van der Waals surface area contributed by atoms with Crippen LogP contribution in [0, 0.1) is 17.0 Å². The lowest BCUT2D eigenvalue weighted by molar-refractivity contribution is -0.692. The number of pyridine rings is 1. The van der Waals surface area contributed by atoms with Crippen molar-refractivity contribution in [2.75, 3.05) is 0 Å². The molecule has 0 aliphatic rings. The number of carbonyl (C=O) groups excluding carboxylic acids is 1. The van der Waals surface area contributed by atoms with Crippen LogP contribution < -0.4 is 4.57 Å². The summed E-state index contributed by atoms with van der Waals surface area (Å²) in [4.78, 5) is 21.0. The second-order valence-electron chi connectivity index (χ2n) is 3.07. The molecule has 0 saturated carbocycles. The maximum Gasteiger partial charge on any atom is 0.335 e. The molecule has 0 fully saturated rings. The first kappa shape index (κ1) is 10.3. The summed E-state index contributed by atoms with van der Waals surface area (Å²) in [6.45, 7) is 3.25. The third-order valence-corrected chi connectivity index (χ3v) is 1.91. The van der Waals surface area contributed by atoms with Gasteiger partial charge in [0.2, 0.25) is 6.54 Å². The largest absolute Gasteiger partial charge is 0.335 e. The van der Waals surface area contributed by atoms with Crippen molar-refractivity contribution in [1.29, 1.82) is 0 Å². The van der Waals surface area contributed by atoms with Crippen LogP contribution in [0.15, 0.2) is 18.3 Å². The van der Waals surface area contributed by atoms with E-state index in [1.54, 1.807) is 23.8 Å². The molecule has 0 spiro atoms. The second-order valence-corrected chi connectivity index (χ2v) is 3.07. The Morgan fingerprint density at radius 1 is 1.64 bits per heavy atom. The number of ketones is 1. The lowest BCUT2D eigenvalue weighted by atomic mass is 10.3. The molecule has 0 N–H and O–H groups in total. The van der Waals surface area contributed by atoms with E-state index in [1.165, 1.54) is 13.0 Å². The summed E-state index contributed by atoms with van der Waals surface area (Å²) in [7, 11) is 0. The highest BCUT2D eigenvalue weighted by Crippen LogP contribution is 2.11. The van der Waals surface area contributed by atoms with Crippen LogP contribution in [0.25, 0.3) is 0 Å². The van der Waals surface area contributed by atoms with Gasteiger partial charge in [0.1, 0.15) is 0 Å². The Hall–Kier alpha value is -1.78. The molecule has 1 heterocycles. The van der Waals surface area contributed by atoms with E-state index in [4.69, 9.17) is 0 Å². The molecule has 0 bridgehead atoms. The zero-order valence-corrected chi connectivity index (χ0v) is 8.06. The molecule has 5 heteroatoms. The summed E-state index contributed by atoms with van der Waals surface area (Å²) in [5, 5.41) is 10.6. The van der Waals surface area contributed by atoms with Crippen LogP contribution >= 0.6 is 0 Å². The van der Waals surface area contributed by atoms with Crippen molar-refractivity contribution < 1.29 is 14.3 Å². The molecule has 14 heavy (non-hydrogen) atoms. The fraction of sp³-hybridized carbons (Fsp3) is 0.333. The molecular formula is C9H11N2O3+. The van der Waals surface area contributed by atoms with Crippen molar-refractivity contribution >= 4 is 11.5 Å². The molecule has 1 aromatic heterocycles. The molecule has 0 aromatic carbocycles. The summed E-state index contributed by atoms with van der Waals surface area (Å²) in [6, 6.07) is 2.99. The van der Waals surface area contributed by atoms with Crippen LogP contribution in [-0.2, 0) is 11.3 Å². The third-order valence-electron chi connectivity index (χ3n) is 1.91. The van der Waals surface area contributed by atoms with Gasteiger partial charge in [-0.05, 0) is 0 Å². The van der Waals surface area contributed by atoms with Crippen molar-refractivity contribution in [3.63, 3.8) is 0 Å². The normalized spacial score (nSPS) is 9.86. The molecule has 0 atom stereocenters. The molecule has 74 valence electrons. The topological polar surface area (TPSA) is 64.1 Å². The number of nitro groups is 1. The van der Waals surface area contributed by atoms with E-state index in [2.05, 4.69) is 0 Å². The minimum Gasteiger partial charge on any atom is -0.293 e. The van der Waals surface area contributed by atoms with E-state index in [0.29, 0.717) is 5.69 Å². The maximum atomic E-state index is 10.9. The lowest BCUT2D eigenvalue weighted by Crippen LogP contribution is -2.40. The monoisotopic (exact) mass is 195 g/mol. The number of carbonyl (C=O) groups is 1. The van der Waals surface area contributed by atoms with Crippen molar-refractivity contribution in [2.45, 2.75) is 20.4 Å². The quantitative estimate of drug-likeness (QED) is 0.406. The van der Waals surface area contributed by atoms with Crippen molar-refractivity contribution in [3.8, 4) is 0 Å². The molecule has 0 aliphatic heterocycles.